The van der Waals surface area contributed by atoms with Crippen molar-refractivity contribution in [1.82, 2.24) is 9.88 Å². The van der Waals surface area contributed by atoms with Gasteiger partial charge in [-0.1, -0.05) is 6.07 Å². The lowest BCUT2D eigenvalue weighted by Gasteiger charge is -2.22. The van der Waals surface area contributed by atoms with Crippen LogP contribution in [0.15, 0.2) is 18.3 Å². The van der Waals surface area contributed by atoms with Crippen molar-refractivity contribution in [3.8, 4) is 0 Å². The maximum atomic E-state index is 5.77. The first-order valence-corrected chi connectivity index (χ1v) is 6.73. The fraction of sp³-hybridized carbons (Fsp3) is 0.643. The second-order valence-corrected chi connectivity index (χ2v) is 5.42. The molecule has 92 valence electrons. The summed E-state index contributed by atoms with van der Waals surface area (Å²) in [7, 11) is 0. The van der Waals surface area contributed by atoms with Crippen molar-refractivity contribution in [3.63, 3.8) is 0 Å². The van der Waals surface area contributed by atoms with Gasteiger partial charge in [-0.3, -0.25) is 9.88 Å². The van der Waals surface area contributed by atoms with Gasteiger partial charge in [-0.05, 0) is 43.2 Å². The molecule has 17 heavy (non-hydrogen) atoms. The van der Waals surface area contributed by atoms with E-state index in [1.807, 2.05) is 12.3 Å². The topological polar surface area (TPSA) is 42.1 Å². The van der Waals surface area contributed by atoms with Crippen molar-refractivity contribution in [1.29, 1.82) is 0 Å². The van der Waals surface area contributed by atoms with Crippen molar-refractivity contribution in [3.05, 3.63) is 29.6 Å². The number of nitrogens with two attached hydrogens (primary N) is 1. The van der Waals surface area contributed by atoms with Gasteiger partial charge in [0.05, 0.1) is 5.69 Å². The summed E-state index contributed by atoms with van der Waals surface area (Å²) in [6, 6.07) is 4.90. The summed E-state index contributed by atoms with van der Waals surface area (Å²) >= 11 is 0. The van der Waals surface area contributed by atoms with Crippen LogP contribution >= 0.6 is 0 Å². The van der Waals surface area contributed by atoms with Crippen LogP contribution in [0.5, 0.6) is 0 Å². The number of pyridine rings is 1. The van der Waals surface area contributed by atoms with Crippen LogP contribution in [0.1, 0.15) is 36.9 Å². The maximum absolute atomic E-state index is 5.77. The first-order valence-electron chi connectivity index (χ1n) is 6.73. The van der Waals surface area contributed by atoms with Crippen LogP contribution in [0.4, 0.5) is 0 Å². The molecule has 0 radical (unpaired) electrons. The number of rotatable bonds is 6. The van der Waals surface area contributed by atoms with Crippen LogP contribution in [-0.4, -0.2) is 22.5 Å². The minimum atomic E-state index is 0.602. The molecule has 1 aromatic rings. The second-order valence-electron chi connectivity index (χ2n) is 5.42. The zero-order chi connectivity index (χ0) is 11.7. The van der Waals surface area contributed by atoms with Gasteiger partial charge in [0.1, 0.15) is 0 Å². The van der Waals surface area contributed by atoms with Crippen molar-refractivity contribution < 1.29 is 0 Å². The van der Waals surface area contributed by atoms with E-state index in [0.29, 0.717) is 6.54 Å². The maximum Gasteiger partial charge on any atom is 0.0588 e. The van der Waals surface area contributed by atoms with Crippen molar-refractivity contribution in [2.75, 3.05) is 6.54 Å². The molecule has 2 saturated carbocycles. The molecule has 0 atom stereocenters. The monoisotopic (exact) mass is 231 g/mol. The molecule has 0 amide bonds. The van der Waals surface area contributed by atoms with Gasteiger partial charge >= 0.3 is 0 Å². The van der Waals surface area contributed by atoms with E-state index >= 15 is 0 Å². The highest BCUT2D eigenvalue weighted by Crippen LogP contribution is 2.35. The fourth-order valence-electron chi connectivity index (χ4n) is 2.41. The summed E-state index contributed by atoms with van der Waals surface area (Å²) in [6.07, 6.45) is 7.48. The summed E-state index contributed by atoms with van der Waals surface area (Å²) in [5.74, 6) is 0.959. The van der Waals surface area contributed by atoms with E-state index in [1.165, 1.54) is 43.5 Å². The molecule has 1 heterocycles. The van der Waals surface area contributed by atoms with Gasteiger partial charge in [0.25, 0.3) is 0 Å². The molecule has 2 aliphatic rings. The summed E-state index contributed by atoms with van der Waals surface area (Å²) in [6.45, 7) is 2.87. The van der Waals surface area contributed by atoms with Gasteiger partial charge in [0.15, 0.2) is 0 Å². The fourth-order valence-corrected chi connectivity index (χ4v) is 2.41. The normalized spacial score (nSPS) is 19.9. The third-order valence-corrected chi connectivity index (χ3v) is 3.81. The molecule has 0 unspecified atom stereocenters. The van der Waals surface area contributed by atoms with Gasteiger partial charge in [-0.25, -0.2) is 0 Å². The Bertz CT molecular complexity index is 383. The van der Waals surface area contributed by atoms with Gasteiger partial charge < -0.3 is 5.73 Å². The molecular formula is C14H21N3. The lowest BCUT2D eigenvalue weighted by molar-refractivity contribution is 0.240. The molecule has 0 aliphatic heterocycles. The number of aromatic nitrogens is 1. The Balaban J connectivity index is 1.69. The van der Waals surface area contributed by atoms with E-state index in [2.05, 4.69) is 16.0 Å². The van der Waals surface area contributed by atoms with Crippen molar-refractivity contribution in [2.45, 2.75) is 44.8 Å². The molecule has 0 bridgehead atoms. The number of hydrogen-bond donors (Lipinski definition) is 1. The lowest BCUT2D eigenvalue weighted by Crippen LogP contribution is -2.29. The van der Waals surface area contributed by atoms with Crippen LogP contribution in [0.2, 0.25) is 0 Å². The van der Waals surface area contributed by atoms with Gasteiger partial charge in [-0.15, -0.1) is 0 Å². The van der Waals surface area contributed by atoms with Crippen molar-refractivity contribution >= 4 is 0 Å². The van der Waals surface area contributed by atoms with E-state index < -0.39 is 0 Å². The average molecular weight is 231 g/mol. The average Bonchev–Trinajstić information content (AvgIpc) is 3.21. The molecule has 0 aromatic carbocycles. The molecule has 2 aliphatic carbocycles. The third kappa shape index (κ3) is 2.85. The highest BCUT2D eigenvalue weighted by Gasteiger charge is 2.33. The lowest BCUT2D eigenvalue weighted by atomic mass is 10.2. The van der Waals surface area contributed by atoms with E-state index in [9.17, 15) is 0 Å². The zero-order valence-corrected chi connectivity index (χ0v) is 10.3. The Morgan fingerprint density at radius 1 is 1.29 bits per heavy atom. The van der Waals surface area contributed by atoms with Crippen LogP contribution in [0, 0.1) is 5.92 Å². The Morgan fingerprint density at radius 2 is 2.12 bits per heavy atom. The summed E-state index contributed by atoms with van der Waals surface area (Å²) in [5, 5.41) is 0. The summed E-state index contributed by atoms with van der Waals surface area (Å²) < 4.78 is 0. The minimum Gasteiger partial charge on any atom is -0.326 e. The highest BCUT2D eigenvalue weighted by atomic mass is 15.2. The zero-order valence-electron chi connectivity index (χ0n) is 10.3. The summed E-state index contributed by atoms with van der Waals surface area (Å²) in [5.41, 5.74) is 8.16. The number of nitrogens with zero attached hydrogens (tertiary/aromatic N) is 2. The van der Waals surface area contributed by atoms with E-state index in [1.54, 1.807) is 0 Å². The van der Waals surface area contributed by atoms with E-state index in [4.69, 9.17) is 5.73 Å². The minimum absolute atomic E-state index is 0.602. The predicted octanol–water partition coefficient (Wildman–Crippen LogP) is 1.91. The van der Waals surface area contributed by atoms with Crippen LogP contribution in [0.25, 0.3) is 0 Å². The van der Waals surface area contributed by atoms with Crippen LogP contribution < -0.4 is 5.73 Å². The van der Waals surface area contributed by atoms with Gasteiger partial charge in [0, 0.05) is 31.9 Å². The molecule has 1 aromatic heterocycles. The van der Waals surface area contributed by atoms with Crippen LogP contribution in [0.3, 0.4) is 0 Å². The Labute approximate surface area is 103 Å². The largest absolute Gasteiger partial charge is 0.326 e. The Kier molecular flexibility index (Phi) is 3.12. The molecule has 3 heteroatoms. The number of hydrogen-bond acceptors (Lipinski definition) is 3. The van der Waals surface area contributed by atoms with Crippen LogP contribution in [-0.2, 0) is 13.1 Å². The van der Waals surface area contributed by atoms with E-state index in [0.717, 1.165) is 18.5 Å². The molecule has 0 saturated heterocycles. The first kappa shape index (κ1) is 11.2. The van der Waals surface area contributed by atoms with Gasteiger partial charge in [0.2, 0.25) is 0 Å². The molecule has 2 N–H and O–H groups in total. The molecule has 3 rings (SSSR count). The standard InChI is InChI=1S/C14H21N3/c15-8-12-2-1-7-16-14(12)10-17(13-5-6-13)9-11-3-4-11/h1-2,7,11,13H,3-6,8-10,15H2. The summed E-state index contributed by atoms with van der Waals surface area (Å²) in [4.78, 5) is 7.13. The molecule has 3 nitrogen and oxygen atoms in total. The highest BCUT2D eigenvalue weighted by molar-refractivity contribution is 5.19. The second kappa shape index (κ2) is 4.75. The predicted molar refractivity (Wildman–Crippen MR) is 68.3 cm³/mol. The molecule has 2 fully saturated rings. The quantitative estimate of drug-likeness (QED) is 0.813. The molecule has 0 spiro atoms. The Morgan fingerprint density at radius 3 is 2.76 bits per heavy atom. The van der Waals surface area contributed by atoms with Gasteiger partial charge in [-0.2, -0.15) is 0 Å². The SMILES string of the molecule is NCc1cccnc1CN(CC1CC1)C1CC1. The first-order chi connectivity index (χ1) is 8.36. The smallest absolute Gasteiger partial charge is 0.0588 e. The van der Waals surface area contributed by atoms with E-state index in [-0.39, 0.29) is 0 Å². The third-order valence-electron chi connectivity index (χ3n) is 3.81. The Hall–Kier alpha value is -0.930. The van der Waals surface area contributed by atoms with Crippen molar-refractivity contribution in [2.24, 2.45) is 11.7 Å². The molecular weight excluding hydrogens is 210 g/mol.